The standard InChI is InChI=1S/C15H21F2N3O4S/c1-25(22,23)20(6-5-19-7-9-24-10-8-19)11-14(21)18-15-12(16)3-2-4-13(15)17/h2-4H,5-11H2,1H3,(H,18,21). The Morgan fingerprint density at radius 1 is 1.28 bits per heavy atom. The highest BCUT2D eigenvalue weighted by Crippen LogP contribution is 2.18. The first kappa shape index (κ1) is 19.7. The predicted molar refractivity (Wildman–Crippen MR) is 88.7 cm³/mol. The van der Waals surface area contributed by atoms with E-state index in [1.165, 1.54) is 6.07 Å². The van der Waals surface area contributed by atoms with E-state index in [1.807, 2.05) is 4.90 Å². The molecule has 10 heteroatoms. The maximum atomic E-state index is 13.6. The van der Waals surface area contributed by atoms with E-state index in [0.29, 0.717) is 32.8 Å². The summed E-state index contributed by atoms with van der Waals surface area (Å²) in [6.45, 7) is 2.55. The number of rotatable bonds is 7. The number of para-hydroxylation sites is 1. The molecule has 1 amide bonds. The van der Waals surface area contributed by atoms with Crippen molar-refractivity contribution in [3.05, 3.63) is 29.8 Å². The zero-order chi connectivity index (χ0) is 18.4. The number of nitrogens with zero attached hydrogens (tertiary/aromatic N) is 2. The Morgan fingerprint density at radius 2 is 1.88 bits per heavy atom. The van der Waals surface area contributed by atoms with Crippen LogP contribution in [0.25, 0.3) is 0 Å². The molecule has 25 heavy (non-hydrogen) atoms. The molecule has 0 aliphatic carbocycles. The molecule has 1 saturated heterocycles. The van der Waals surface area contributed by atoms with Gasteiger partial charge in [-0.15, -0.1) is 0 Å². The van der Waals surface area contributed by atoms with Gasteiger partial charge in [-0.2, -0.15) is 4.31 Å². The number of carbonyl (C=O) groups excluding carboxylic acids is 1. The summed E-state index contributed by atoms with van der Waals surface area (Å²) in [5.74, 6) is -2.66. The molecule has 0 saturated carbocycles. The van der Waals surface area contributed by atoms with Gasteiger partial charge in [-0.25, -0.2) is 17.2 Å². The van der Waals surface area contributed by atoms with E-state index in [4.69, 9.17) is 4.74 Å². The Hall–Kier alpha value is -1.62. The van der Waals surface area contributed by atoms with Crippen LogP contribution < -0.4 is 5.32 Å². The number of morpholine rings is 1. The minimum Gasteiger partial charge on any atom is -0.379 e. The fourth-order valence-corrected chi connectivity index (χ4v) is 3.16. The van der Waals surface area contributed by atoms with Crippen molar-refractivity contribution >= 4 is 21.6 Å². The van der Waals surface area contributed by atoms with Gasteiger partial charge in [0.2, 0.25) is 15.9 Å². The molecule has 0 spiro atoms. The highest BCUT2D eigenvalue weighted by molar-refractivity contribution is 7.88. The minimum atomic E-state index is -3.65. The Labute approximate surface area is 145 Å². The lowest BCUT2D eigenvalue weighted by atomic mass is 10.3. The predicted octanol–water partition coefficient (Wildman–Crippen LogP) is 0.497. The number of nitrogens with one attached hydrogen (secondary N) is 1. The minimum absolute atomic E-state index is 0.103. The van der Waals surface area contributed by atoms with Gasteiger partial charge < -0.3 is 10.1 Å². The van der Waals surface area contributed by atoms with Crippen LogP contribution in [0.3, 0.4) is 0 Å². The van der Waals surface area contributed by atoms with Crippen molar-refractivity contribution in [1.29, 1.82) is 0 Å². The van der Waals surface area contributed by atoms with E-state index in [2.05, 4.69) is 5.32 Å². The Bertz CT molecular complexity index is 688. The molecule has 0 aromatic heterocycles. The van der Waals surface area contributed by atoms with Crippen molar-refractivity contribution in [2.75, 3.05) is 57.5 Å². The van der Waals surface area contributed by atoms with Crippen LogP contribution in [-0.2, 0) is 19.6 Å². The number of hydrogen-bond donors (Lipinski definition) is 1. The number of ether oxygens (including phenoxy) is 1. The van der Waals surface area contributed by atoms with Crippen LogP contribution in [0, 0.1) is 11.6 Å². The van der Waals surface area contributed by atoms with Gasteiger partial charge in [-0.3, -0.25) is 9.69 Å². The van der Waals surface area contributed by atoms with Crippen molar-refractivity contribution in [2.45, 2.75) is 0 Å². The average molecular weight is 377 g/mol. The van der Waals surface area contributed by atoms with Crippen LogP contribution in [0.2, 0.25) is 0 Å². The van der Waals surface area contributed by atoms with Gasteiger partial charge in [0, 0.05) is 26.2 Å². The second kappa shape index (κ2) is 8.65. The molecule has 7 nitrogen and oxygen atoms in total. The molecule has 1 aliphatic heterocycles. The molecule has 0 bridgehead atoms. The van der Waals surface area contributed by atoms with E-state index in [1.54, 1.807) is 0 Å². The van der Waals surface area contributed by atoms with Gasteiger partial charge in [0.15, 0.2) is 0 Å². The monoisotopic (exact) mass is 377 g/mol. The average Bonchev–Trinajstić information content (AvgIpc) is 2.55. The highest BCUT2D eigenvalue weighted by atomic mass is 32.2. The summed E-state index contributed by atoms with van der Waals surface area (Å²) in [5.41, 5.74) is -0.589. The third-order valence-electron chi connectivity index (χ3n) is 3.79. The molecule has 1 heterocycles. The van der Waals surface area contributed by atoms with Gasteiger partial charge in [-0.05, 0) is 12.1 Å². The number of anilines is 1. The van der Waals surface area contributed by atoms with Gasteiger partial charge in [0.25, 0.3) is 0 Å². The number of benzene rings is 1. The van der Waals surface area contributed by atoms with E-state index < -0.39 is 39.8 Å². The Balaban J connectivity index is 1.97. The molecule has 0 unspecified atom stereocenters. The zero-order valence-electron chi connectivity index (χ0n) is 13.9. The first-order valence-electron chi connectivity index (χ1n) is 7.76. The molecular weight excluding hydrogens is 356 g/mol. The molecule has 0 radical (unpaired) electrons. The second-order valence-electron chi connectivity index (χ2n) is 5.70. The Kier molecular flexibility index (Phi) is 6.82. The third-order valence-corrected chi connectivity index (χ3v) is 5.04. The van der Waals surface area contributed by atoms with Crippen LogP contribution in [0.4, 0.5) is 14.5 Å². The SMILES string of the molecule is CS(=O)(=O)N(CCN1CCOCC1)CC(=O)Nc1c(F)cccc1F. The Morgan fingerprint density at radius 3 is 2.44 bits per heavy atom. The largest absolute Gasteiger partial charge is 0.379 e. The van der Waals surface area contributed by atoms with Gasteiger partial charge in [0.1, 0.15) is 17.3 Å². The summed E-state index contributed by atoms with van der Waals surface area (Å²) in [6, 6.07) is 3.18. The summed E-state index contributed by atoms with van der Waals surface area (Å²) in [4.78, 5) is 14.1. The first-order valence-corrected chi connectivity index (χ1v) is 9.61. The smallest absolute Gasteiger partial charge is 0.239 e. The molecule has 1 aromatic carbocycles. The molecule has 2 rings (SSSR count). The normalized spacial score (nSPS) is 16.2. The van der Waals surface area contributed by atoms with Crippen LogP contribution in [-0.4, -0.2) is 75.7 Å². The number of amides is 1. The zero-order valence-corrected chi connectivity index (χ0v) is 14.7. The van der Waals surface area contributed by atoms with Crippen LogP contribution in [0.5, 0.6) is 0 Å². The van der Waals surface area contributed by atoms with Gasteiger partial charge >= 0.3 is 0 Å². The van der Waals surface area contributed by atoms with Crippen molar-refractivity contribution in [2.24, 2.45) is 0 Å². The van der Waals surface area contributed by atoms with Crippen LogP contribution >= 0.6 is 0 Å². The third kappa shape index (κ3) is 5.99. The summed E-state index contributed by atoms with van der Waals surface area (Å²) < 4.78 is 57.1. The van der Waals surface area contributed by atoms with E-state index in [0.717, 1.165) is 22.7 Å². The van der Waals surface area contributed by atoms with Crippen molar-refractivity contribution in [1.82, 2.24) is 9.21 Å². The van der Waals surface area contributed by atoms with Gasteiger partial charge in [-0.1, -0.05) is 6.07 Å². The first-order chi connectivity index (χ1) is 11.8. The lowest BCUT2D eigenvalue weighted by Crippen LogP contribution is -2.45. The second-order valence-corrected chi connectivity index (χ2v) is 7.68. The lowest BCUT2D eigenvalue weighted by molar-refractivity contribution is -0.116. The maximum Gasteiger partial charge on any atom is 0.239 e. The van der Waals surface area contributed by atoms with E-state index in [9.17, 15) is 22.0 Å². The summed E-state index contributed by atoms with van der Waals surface area (Å²) in [6.07, 6.45) is 0.989. The topological polar surface area (TPSA) is 79.0 Å². The van der Waals surface area contributed by atoms with Crippen molar-refractivity contribution in [3.63, 3.8) is 0 Å². The number of hydrogen-bond acceptors (Lipinski definition) is 5. The molecule has 1 aliphatic rings. The fraction of sp³-hybridized carbons (Fsp3) is 0.533. The van der Waals surface area contributed by atoms with Crippen LogP contribution in [0.1, 0.15) is 0 Å². The van der Waals surface area contributed by atoms with Crippen molar-refractivity contribution < 1.29 is 26.7 Å². The summed E-state index contributed by atoms with van der Waals surface area (Å²) in [7, 11) is -3.65. The van der Waals surface area contributed by atoms with E-state index in [-0.39, 0.29) is 6.54 Å². The van der Waals surface area contributed by atoms with Crippen LogP contribution in [0.15, 0.2) is 18.2 Å². The summed E-state index contributed by atoms with van der Waals surface area (Å²) >= 11 is 0. The highest BCUT2D eigenvalue weighted by Gasteiger charge is 2.23. The molecule has 0 atom stereocenters. The number of halogens is 2. The quantitative estimate of drug-likeness (QED) is 0.749. The molecular formula is C15H21F2N3O4S. The van der Waals surface area contributed by atoms with E-state index >= 15 is 0 Å². The molecule has 1 N–H and O–H groups in total. The van der Waals surface area contributed by atoms with Gasteiger partial charge in [0.05, 0.1) is 26.0 Å². The fourth-order valence-electron chi connectivity index (χ4n) is 2.40. The molecule has 1 aromatic rings. The van der Waals surface area contributed by atoms with Crippen molar-refractivity contribution in [3.8, 4) is 0 Å². The number of sulfonamides is 1. The lowest BCUT2D eigenvalue weighted by Gasteiger charge is -2.29. The molecule has 140 valence electrons. The maximum absolute atomic E-state index is 13.6. The number of carbonyl (C=O) groups is 1. The summed E-state index contributed by atoms with van der Waals surface area (Å²) in [5, 5.41) is 2.09. The molecule has 1 fully saturated rings.